The zero-order valence-electron chi connectivity index (χ0n) is 16.9. The van der Waals surface area contributed by atoms with Crippen LogP contribution in [0, 0.1) is 0 Å². The molecule has 146 valence electrons. The molecule has 0 aliphatic carbocycles. The predicted molar refractivity (Wildman–Crippen MR) is 113 cm³/mol. The molecule has 0 N–H and O–H groups in total. The van der Waals surface area contributed by atoms with E-state index in [0.717, 1.165) is 29.2 Å². The maximum atomic E-state index is 6.09. The number of benzene rings is 3. The molecule has 0 aliphatic rings. The summed E-state index contributed by atoms with van der Waals surface area (Å²) in [7, 11) is 1.65. The molecule has 0 bridgehead atoms. The second kappa shape index (κ2) is 9.43. The number of rotatable bonds is 9. The van der Waals surface area contributed by atoms with Crippen molar-refractivity contribution in [2.45, 2.75) is 32.3 Å². The summed E-state index contributed by atoms with van der Waals surface area (Å²) < 4.78 is 17.2. The highest BCUT2D eigenvalue weighted by molar-refractivity contribution is 5.36. The third-order valence-corrected chi connectivity index (χ3v) is 5.13. The minimum absolute atomic E-state index is 0.0124. The quantitative estimate of drug-likeness (QED) is 0.434. The monoisotopic (exact) mass is 376 g/mol. The van der Waals surface area contributed by atoms with E-state index in [1.807, 2.05) is 42.5 Å². The van der Waals surface area contributed by atoms with Gasteiger partial charge in [0.25, 0.3) is 0 Å². The van der Waals surface area contributed by atoms with Crippen molar-refractivity contribution in [1.82, 2.24) is 0 Å². The van der Waals surface area contributed by atoms with E-state index in [1.54, 1.807) is 7.11 Å². The number of methoxy groups -OCH3 is 1. The second-order valence-electron chi connectivity index (χ2n) is 7.20. The molecule has 0 fully saturated rings. The first kappa shape index (κ1) is 20.0. The van der Waals surface area contributed by atoms with Gasteiger partial charge in [-0.25, -0.2) is 0 Å². The van der Waals surface area contributed by atoms with Crippen LogP contribution < -0.4 is 9.47 Å². The SMILES string of the molecule is CCC(C)(COCc1cccc(Oc2ccc(OC)cc2)c1)c1ccccc1. The zero-order chi connectivity index (χ0) is 19.8. The van der Waals surface area contributed by atoms with Crippen molar-refractivity contribution in [3.8, 4) is 17.2 Å². The van der Waals surface area contributed by atoms with Crippen LogP contribution in [-0.2, 0) is 16.8 Å². The van der Waals surface area contributed by atoms with Gasteiger partial charge in [0.05, 0.1) is 20.3 Å². The fourth-order valence-corrected chi connectivity index (χ4v) is 3.10. The Bertz CT molecular complexity index is 858. The van der Waals surface area contributed by atoms with E-state index in [1.165, 1.54) is 5.56 Å². The van der Waals surface area contributed by atoms with Crippen molar-refractivity contribution >= 4 is 0 Å². The van der Waals surface area contributed by atoms with Gasteiger partial charge >= 0.3 is 0 Å². The van der Waals surface area contributed by atoms with E-state index < -0.39 is 0 Å². The number of hydrogen-bond donors (Lipinski definition) is 0. The third-order valence-electron chi connectivity index (χ3n) is 5.13. The van der Waals surface area contributed by atoms with Crippen LogP contribution in [0.5, 0.6) is 17.2 Å². The molecule has 3 nitrogen and oxygen atoms in total. The molecule has 0 spiro atoms. The molecular formula is C25H28O3. The summed E-state index contributed by atoms with van der Waals surface area (Å²) in [5.41, 5.74) is 2.42. The molecular weight excluding hydrogens is 348 g/mol. The smallest absolute Gasteiger partial charge is 0.127 e. The topological polar surface area (TPSA) is 27.7 Å². The van der Waals surface area contributed by atoms with Crippen molar-refractivity contribution in [1.29, 1.82) is 0 Å². The van der Waals surface area contributed by atoms with Crippen LogP contribution in [0.4, 0.5) is 0 Å². The maximum Gasteiger partial charge on any atom is 0.127 e. The molecule has 0 saturated heterocycles. The first-order chi connectivity index (χ1) is 13.6. The molecule has 0 aromatic heterocycles. The van der Waals surface area contributed by atoms with E-state index in [2.05, 4.69) is 50.2 Å². The van der Waals surface area contributed by atoms with Crippen LogP contribution in [0.3, 0.4) is 0 Å². The highest BCUT2D eigenvalue weighted by Crippen LogP contribution is 2.29. The van der Waals surface area contributed by atoms with Crippen LogP contribution in [0.15, 0.2) is 78.9 Å². The Balaban J connectivity index is 1.59. The largest absolute Gasteiger partial charge is 0.497 e. The molecule has 1 atom stereocenters. The normalized spacial score (nSPS) is 13.0. The first-order valence-corrected chi connectivity index (χ1v) is 9.67. The van der Waals surface area contributed by atoms with E-state index >= 15 is 0 Å². The molecule has 3 aromatic carbocycles. The number of hydrogen-bond acceptors (Lipinski definition) is 3. The van der Waals surface area contributed by atoms with Gasteiger partial charge in [-0.3, -0.25) is 0 Å². The van der Waals surface area contributed by atoms with Gasteiger partial charge < -0.3 is 14.2 Å². The van der Waals surface area contributed by atoms with Crippen molar-refractivity contribution in [2.75, 3.05) is 13.7 Å². The summed E-state index contributed by atoms with van der Waals surface area (Å²) >= 11 is 0. The average molecular weight is 376 g/mol. The van der Waals surface area contributed by atoms with Crippen LogP contribution in [0.25, 0.3) is 0 Å². The predicted octanol–water partition coefficient (Wildman–Crippen LogP) is 6.37. The van der Waals surface area contributed by atoms with Gasteiger partial charge in [-0.2, -0.15) is 0 Å². The van der Waals surface area contributed by atoms with Gasteiger partial charge in [0.15, 0.2) is 0 Å². The van der Waals surface area contributed by atoms with Gasteiger partial charge in [0.2, 0.25) is 0 Å². The standard InChI is InChI=1S/C25H28O3/c1-4-25(2,21-10-6-5-7-11-21)19-27-18-20-9-8-12-24(17-20)28-23-15-13-22(26-3)14-16-23/h5-17H,4,18-19H2,1-3H3. The molecule has 3 heteroatoms. The van der Waals surface area contributed by atoms with Gasteiger partial charge in [0.1, 0.15) is 17.2 Å². The summed E-state index contributed by atoms with van der Waals surface area (Å²) in [5, 5.41) is 0. The lowest BCUT2D eigenvalue weighted by Crippen LogP contribution is -2.27. The van der Waals surface area contributed by atoms with E-state index in [4.69, 9.17) is 14.2 Å². The Morgan fingerprint density at radius 2 is 1.50 bits per heavy atom. The Morgan fingerprint density at radius 1 is 0.786 bits per heavy atom. The lowest BCUT2D eigenvalue weighted by atomic mass is 9.81. The van der Waals surface area contributed by atoms with Crippen molar-refractivity contribution in [2.24, 2.45) is 0 Å². The van der Waals surface area contributed by atoms with E-state index in [0.29, 0.717) is 13.2 Å². The lowest BCUT2D eigenvalue weighted by Gasteiger charge is -2.28. The van der Waals surface area contributed by atoms with Crippen LogP contribution in [-0.4, -0.2) is 13.7 Å². The Morgan fingerprint density at radius 3 is 2.18 bits per heavy atom. The zero-order valence-corrected chi connectivity index (χ0v) is 16.9. The maximum absolute atomic E-state index is 6.09. The molecule has 3 aromatic rings. The van der Waals surface area contributed by atoms with Crippen LogP contribution >= 0.6 is 0 Å². The molecule has 0 heterocycles. The lowest BCUT2D eigenvalue weighted by molar-refractivity contribution is 0.0747. The molecule has 0 radical (unpaired) electrons. The summed E-state index contributed by atoms with van der Waals surface area (Å²) in [6.45, 7) is 5.70. The molecule has 28 heavy (non-hydrogen) atoms. The van der Waals surface area contributed by atoms with Crippen LogP contribution in [0.1, 0.15) is 31.4 Å². The molecule has 0 amide bonds. The Labute approximate surface area is 167 Å². The van der Waals surface area contributed by atoms with E-state index in [9.17, 15) is 0 Å². The minimum atomic E-state index is 0.0124. The summed E-state index contributed by atoms with van der Waals surface area (Å²) in [6, 6.07) is 26.2. The summed E-state index contributed by atoms with van der Waals surface area (Å²) in [4.78, 5) is 0. The van der Waals surface area contributed by atoms with Crippen LogP contribution in [0.2, 0.25) is 0 Å². The fourth-order valence-electron chi connectivity index (χ4n) is 3.10. The highest BCUT2D eigenvalue weighted by Gasteiger charge is 2.24. The van der Waals surface area contributed by atoms with Crippen molar-refractivity contribution in [3.05, 3.63) is 90.0 Å². The van der Waals surface area contributed by atoms with Crippen molar-refractivity contribution in [3.63, 3.8) is 0 Å². The third kappa shape index (κ3) is 5.14. The second-order valence-corrected chi connectivity index (χ2v) is 7.20. The van der Waals surface area contributed by atoms with Gasteiger partial charge in [-0.05, 0) is 53.9 Å². The summed E-state index contributed by atoms with van der Waals surface area (Å²) in [5.74, 6) is 2.39. The van der Waals surface area contributed by atoms with Crippen molar-refractivity contribution < 1.29 is 14.2 Å². The first-order valence-electron chi connectivity index (χ1n) is 9.67. The molecule has 0 saturated carbocycles. The van der Waals surface area contributed by atoms with Gasteiger partial charge in [-0.1, -0.05) is 56.3 Å². The fraction of sp³-hybridized carbons (Fsp3) is 0.280. The van der Waals surface area contributed by atoms with E-state index in [-0.39, 0.29) is 5.41 Å². The average Bonchev–Trinajstić information content (AvgIpc) is 2.75. The molecule has 0 aliphatic heterocycles. The molecule has 1 unspecified atom stereocenters. The minimum Gasteiger partial charge on any atom is -0.497 e. The van der Waals surface area contributed by atoms with Gasteiger partial charge in [0, 0.05) is 5.41 Å². The summed E-state index contributed by atoms with van der Waals surface area (Å²) in [6.07, 6.45) is 1.03. The molecule has 3 rings (SSSR count). The van der Waals surface area contributed by atoms with Gasteiger partial charge in [-0.15, -0.1) is 0 Å². The Hall–Kier alpha value is -2.78. The number of ether oxygens (including phenoxy) is 3. The Kier molecular flexibility index (Phi) is 6.72. The highest BCUT2D eigenvalue weighted by atomic mass is 16.5.